The predicted molar refractivity (Wildman–Crippen MR) is 54.6 cm³/mol. The maximum atomic E-state index is 12.8. The van der Waals surface area contributed by atoms with Crippen LogP contribution < -0.4 is 5.32 Å². The van der Waals surface area contributed by atoms with Gasteiger partial charge >= 0.3 is 5.97 Å². The third-order valence-electron chi connectivity index (χ3n) is 1.58. The summed E-state index contributed by atoms with van der Waals surface area (Å²) in [5.41, 5.74) is 0.656. The molecule has 0 heterocycles. The van der Waals surface area contributed by atoms with Gasteiger partial charge in [-0.1, -0.05) is 0 Å². The minimum Gasteiger partial charge on any atom is -0.468 e. The Balaban J connectivity index is 2.60. The quantitative estimate of drug-likeness (QED) is 0.848. The number of benzene rings is 1. The number of hydrogen-bond donors (Lipinski definition) is 1. The van der Waals surface area contributed by atoms with E-state index >= 15 is 0 Å². The monoisotopic (exact) mass is 261 g/mol. The Morgan fingerprint density at radius 1 is 1.64 bits per heavy atom. The van der Waals surface area contributed by atoms with Gasteiger partial charge in [0.15, 0.2) is 0 Å². The molecule has 0 saturated carbocycles. The van der Waals surface area contributed by atoms with E-state index in [-0.39, 0.29) is 18.3 Å². The summed E-state index contributed by atoms with van der Waals surface area (Å²) in [6.45, 7) is 0.0641. The lowest BCUT2D eigenvalue weighted by molar-refractivity contribution is -0.138. The number of nitrogens with one attached hydrogen (secondary N) is 1. The zero-order valence-corrected chi connectivity index (χ0v) is 9.10. The normalized spacial score (nSPS) is 9.64. The number of esters is 1. The van der Waals surface area contributed by atoms with Crippen LogP contribution in [0.25, 0.3) is 0 Å². The molecule has 0 atom stereocenters. The van der Waals surface area contributed by atoms with Crippen LogP contribution in [0.2, 0.25) is 0 Å². The van der Waals surface area contributed by atoms with E-state index in [1.165, 1.54) is 13.2 Å². The fourth-order valence-corrected chi connectivity index (χ4v) is 1.23. The van der Waals surface area contributed by atoms with Crippen LogP contribution in [0.4, 0.5) is 10.1 Å². The molecule has 3 nitrogen and oxygen atoms in total. The summed E-state index contributed by atoms with van der Waals surface area (Å²) in [5, 5.41) is 2.79. The van der Waals surface area contributed by atoms with E-state index in [2.05, 4.69) is 26.0 Å². The number of rotatable bonds is 3. The van der Waals surface area contributed by atoms with E-state index in [1.807, 2.05) is 0 Å². The van der Waals surface area contributed by atoms with Gasteiger partial charge in [0.25, 0.3) is 0 Å². The molecule has 0 radical (unpaired) electrons. The fraction of sp³-hybridized carbons (Fsp3) is 0.222. The number of methoxy groups -OCH3 is 1. The van der Waals surface area contributed by atoms with Crippen molar-refractivity contribution in [3.05, 3.63) is 28.5 Å². The van der Waals surface area contributed by atoms with E-state index in [1.54, 1.807) is 12.1 Å². The number of anilines is 1. The topological polar surface area (TPSA) is 38.3 Å². The zero-order valence-electron chi connectivity index (χ0n) is 7.51. The molecular weight excluding hydrogens is 253 g/mol. The molecule has 0 aliphatic carbocycles. The Labute approximate surface area is 89.4 Å². The minimum atomic E-state index is -0.370. The van der Waals surface area contributed by atoms with Crippen molar-refractivity contribution in [1.29, 1.82) is 0 Å². The summed E-state index contributed by atoms with van der Waals surface area (Å²) in [6, 6.07) is 4.41. The first-order valence-corrected chi connectivity index (χ1v) is 4.68. The minimum absolute atomic E-state index is 0.0641. The Morgan fingerprint density at radius 2 is 2.36 bits per heavy atom. The molecule has 0 amide bonds. The van der Waals surface area contributed by atoms with Gasteiger partial charge in [-0.3, -0.25) is 4.79 Å². The highest BCUT2D eigenvalue weighted by Gasteiger charge is 2.02. The second kappa shape index (κ2) is 4.95. The Bertz CT molecular complexity index is 344. The summed E-state index contributed by atoms with van der Waals surface area (Å²) in [4.78, 5) is 10.8. The zero-order chi connectivity index (χ0) is 10.6. The third kappa shape index (κ3) is 2.99. The molecule has 0 aliphatic rings. The van der Waals surface area contributed by atoms with Gasteiger partial charge in [-0.25, -0.2) is 4.39 Å². The van der Waals surface area contributed by atoms with Crippen LogP contribution in [0.15, 0.2) is 22.7 Å². The molecule has 1 rings (SSSR count). The van der Waals surface area contributed by atoms with Gasteiger partial charge < -0.3 is 10.1 Å². The highest BCUT2D eigenvalue weighted by atomic mass is 79.9. The van der Waals surface area contributed by atoms with Gasteiger partial charge in [-0.2, -0.15) is 0 Å². The molecule has 5 heteroatoms. The van der Waals surface area contributed by atoms with Crippen LogP contribution in [0.1, 0.15) is 0 Å². The SMILES string of the molecule is COC(=O)CNc1ccc(F)c(Br)c1. The fourth-order valence-electron chi connectivity index (χ4n) is 0.852. The predicted octanol–water partition coefficient (Wildman–Crippen LogP) is 2.17. The maximum Gasteiger partial charge on any atom is 0.325 e. The first-order chi connectivity index (χ1) is 6.63. The Kier molecular flexibility index (Phi) is 3.88. The van der Waals surface area contributed by atoms with Gasteiger partial charge in [-0.15, -0.1) is 0 Å². The molecule has 14 heavy (non-hydrogen) atoms. The van der Waals surface area contributed by atoms with Crippen LogP contribution in [0.3, 0.4) is 0 Å². The molecule has 0 saturated heterocycles. The summed E-state index contributed by atoms with van der Waals surface area (Å²) < 4.78 is 17.6. The lowest BCUT2D eigenvalue weighted by atomic mass is 10.3. The first-order valence-electron chi connectivity index (χ1n) is 3.89. The average molecular weight is 262 g/mol. The van der Waals surface area contributed by atoms with Gasteiger partial charge in [0.05, 0.1) is 11.6 Å². The summed E-state index contributed by atoms with van der Waals surface area (Å²) >= 11 is 3.04. The number of halogens is 2. The third-order valence-corrected chi connectivity index (χ3v) is 2.19. The van der Waals surface area contributed by atoms with Gasteiger partial charge in [-0.05, 0) is 34.1 Å². The lowest BCUT2D eigenvalue weighted by Gasteiger charge is -2.05. The van der Waals surface area contributed by atoms with Crippen molar-refractivity contribution in [1.82, 2.24) is 0 Å². The number of hydrogen-bond acceptors (Lipinski definition) is 3. The lowest BCUT2D eigenvalue weighted by Crippen LogP contribution is -2.14. The van der Waals surface area contributed by atoms with Crippen LogP contribution in [0, 0.1) is 5.82 Å². The number of carbonyl (C=O) groups excluding carboxylic acids is 1. The van der Waals surface area contributed by atoms with E-state index in [4.69, 9.17) is 0 Å². The average Bonchev–Trinajstić information content (AvgIpc) is 2.19. The standard InChI is InChI=1S/C9H9BrFNO2/c1-14-9(13)5-12-6-2-3-8(11)7(10)4-6/h2-4,12H,5H2,1H3. The van der Waals surface area contributed by atoms with Crippen molar-refractivity contribution >= 4 is 27.6 Å². The first kappa shape index (κ1) is 11.0. The summed E-state index contributed by atoms with van der Waals surface area (Å²) in [6.07, 6.45) is 0. The highest BCUT2D eigenvalue weighted by molar-refractivity contribution is 9.10. The summed E-state index contributed by atoms with van der Waals surface area (Å²) in [5.74, 6) is -0.709. The summed E-state index contributed by atoms with van der Waals surface area (Å²) in [7, 11) is 1.31. The number of carbonyl (C=O) groups is 1. The maximum absolute atomic E-state index is 12.8. The van der Waals surface area contributed by atoms with Crippen LogP contribution >= 0.6 is 15.9 Å². The molecule has 76 valence electrons. The highest BCUT2D eigenvalue weighted by Crippen LogP contribution is 2.19. The Hall–Kier alpha value is -1.10. The van der Waals surface area contributed by atoms with Crippen molar-refractivity contribution in [3.63, 3.8) is 0 Å². The molecule has 1 N–H and O–H groups in total. The molecule has 0 aliphatic heterocycles. The molecule has 1 aromatic carbocycles. The van der Waals surface area contributed by atoms with E-state index in [9.17, 15) is 9.18 Å². The smallest absolute Gasteiger partial charge is 0.325 e. The van der Waals surface area contributed by atoms with E-state index < -0.39 is 0 Å². The largest absolute Gasteiger partial charge is 0.468 e. The molecule has 0 bridgehead atoms. The molecule has 1 aromatic rings. The second-order valence-corrected chi connectivity index (χ2v) is 3.41. The van der Waals surface area contributed by atoms with Crippen molar-refractivity contribution in [2.24, 2.45) is 0 Å². The molecule has 0 fully saturated rings. The van der Waals surface area contributed by atoms with Crippen molar-refractivity contribution in [2.45, 2.75) is 0 Å². The van der Waals surface area contributed by atoms with Crippen LogP contribution in [-0.2, 0) is 9.53 Å². The van der Waals surface area contributed by atoms with Crippen molar-refractivity contribution in [3.8, 4) is 0 Å². The molecular formula is C9H9BrFNO2. The second-order valence-electron chi connectivity index (χ2n) is 2.56. The van der Waals surface area contributed by atoms with Crippen molar-refractivity contribution in [2.75, 3.05) is 19.0 Å². The van der Waals surface area contributed by atoms with Gasteiger partial charge in [0.2, 0.25) is 0 Å². The van der Waals surface area contributed by atoms with Crippen LogP contribution in [0.5, 0.6) is 0 Å². The number of ether oxygens (including phenoxy) is 1. The van der Waals surface area contributed by atoms with E-state index in [0.29, 0.717) is 10.2 Å². The van der Waals surface area contributed by atoms with Crippen LogP contribution in [-0.4, -0.2) is 19.6 Å². The van der Waals surface area contributed by atoms with Gasteiger partial charge in [0.1, 0.15) is 12.4 Å². The van der Waals surface area contributed by atoms with Crippen molar-refractivity contribution < 1.29 is 13.9 Å². The molecule has 0 unspecified atom stereocenters. The molecule has 0 aromatic heterocycles. The molecule has 0 spiro atoms. The van der Waals surface area contributed by atoms with Gasteiger partial charge in [0, 0.05) is 5.69 Å². The Morgan fingerprint density at radius 3 is 2.93 bits per heavy atom. The van der Waals surface area contributed by atoms with E-state index in [0.717, 1.165) is 0 Å².